The van der Waals surface area contributed by atoms with Crippen molar-refractivity contribution in [3.63, 3.8) is 0 Å². The number of carbonyl (C=O) groups is 2. The molecule has 0 aromatic carbocycles. The summed E-state index contributed by atoms with van der Waals surface area (Å²) in [7, 11) is 0. The zero-order valence-electron chi connectivity index (χ0n) is 14.3. The number of ether oxygens (including phenoxy) is 2. The third kappa shape index (κ3) is 3.85. The van der Waals surface area contributed by atoms with E-state index >= 15 is 0 Å². The van der Waals surface area contributed by atoms with Gasteiger partial charge in [-0.2, -0.15) is 0 Å². The van der Waals surface area contributed by atoms with Gasteiger partial charge in [-0.05, 0) is 0 Å². The molecule has 0 aromatic rings. The van der Waals surface area contributed by atoms with Crippen molar-refractivity contribution in [2.24, 2.45) is 11.3 Å². The molecule has 1 aliphatic carbocycles. The van der Waals surface area contributed by atoms with Gasteiger partial charge in [-0.3, -0.25) is 0 Å². The van der Waals surface area contributed by atoms with Crippen molar-refractivity contribution >= 4 is 30.3 Å². The molecule has 1 aliphatic rings. The summed E-state index contributed by atoms with van der Waals surface area (Å²) >= 11 is -2.45. The Morgan fingerprint density at radius 3 is 1.95 bits per heavy atom. The second kappa shape index (κ2) is 7.34. The van der Waals surface area contributed by atoms with Crippen LogP contribution in [0.1, 0.15) is 26.7 Å². The van der Waals surface area contributed by atoms with Gasteiger partial charge in [0.15, 0.2) is 0 Å². The SMILES string of the molecule is C=[C]([C@H]1CC(C(=O)OCC)(C(=O)OCC)C[C@H]1O)[Sn]([CH3])([CH3])[CH3]. The summed E-state index contributed by atoms with van der Waals surface area (Å²) in [6.45, 7) is 7.95. The zero-order chi connectivity index (χ0) is 17.1. The summed E-state index contributed by atoms with van der Waals surface area (Å²) in [4.78, 5) is 31.4. The third-order valence-electron chi connectivity index (χ3n) is 4.33. The minimum atomic E-state index is -2.45. The molecule has 22 heavy (non-hydrogen) atoms. The van der Waals surface area contributed by atoms with Crippen LogP contribution in [-0.2, 0) is 19.1 Å². The molecule has 1 fully saturated rings. The van der Waals surface area contributed by atoms with Gasteiger partial charge in [-0.25, -0.2) is 0 Å². The van der Waals surface area contributed by atoms with Gasteiger partial charge in [0.1, 0.15) is 0 Å². The fourth-order valence-corrected chi connectivity index (χ4v) is 6.98. The van der Waals surface area contributed by atoms with E-state index in [-0.39, 0.29) is 32.0 Å². The predicted molar refractivity (Wildman–Crippen MR) is 86.9 cm³/mol. The molecule has 0 aliphatic heterocycles. The van der Waals surface area contributed by atoms with E-state index in [1.54, 1.807) is 13.8 Å². The third-order valence-corrected chi connectivity index (χ3v) is 10.9. The van der Waals surface area contributed by atoms with E-state index in [4.69, 9.17) is 9.47 Å². The van der Waals surface area contributed by atoms with Crippen LogP contribution in [0.25, 0.3) is 0 Å². The van der Waals surface area contributed by atoms with Crippen molar-refractivity contribution in [1.82, 2.24) is 0 Å². The van der Waals surface area contributed by atoms with Gasteiger partial charge >= 0.3 is 137 Å². The average molecular weight is 419 g/mol. The first kappa shape index (κ1) is 19.5. The maximum atomic E-state index is 12.4. The Labute approximate surface area is 136 Å². The molecule has 0 spiro atoms. The molecule has 1 rings (SSSR count). The second-order valence-electron chi connectivity index (χ2n) is 6.88. The Morgan fingerprint density at radius 2 is 1.59 bits per heavy atom. The Balaban J connectivity index is 3.13. The monoisotopic (exact) mass is 420 g/mol. The minimum absolute atomic E-state index is 0.0519. The molecule has 0 bridgehead atoms. The van der Waals surface area contributed by atoms with Crippen molar-refractivity contribution < 1.29 is 24.2 Å². The van der Waals surface area contributed by atoms with E-state index in [2.05, 4.69) is 21.4 Å². The van der Waals surface area contributed by atoms with Crippen molar-refractivity contribution in [3.8, 4) is 0 Å². The van der Waals surface area contributed by atoms with Crippen LogP contribution >= 0.6 is 0 Å². The summed E-state index contributed by atoms with van der Waals surface area (Å²) in [5.74, 6) is -1.41. The first-order valence-electron chi connectivity index (χ1n) is 7.82. The van der Waals surface area contributed by atoms with Crippen LogP contribution in [0.2, 0.25) is 14.8 Å². The van der Waals surface area contributed by atoms with Crippen LogP contribution in [0.4, 0.5) is 0 Å². The number of esters is 2. The van der Waals surface area contributed by atoms with E-state index in [1.165, 1.54) is 0 Å². The normalized spacial score (nSPS) is 23.9. The maximum absolute atomic E-state index is 12.4. The number of carbonyl (C=O) groups excluding carboxylic acids is 2. The molecule has 0 unspecified atom stereocenters. The average Bonchev–Trinajstić information content (AvgIpc) is 2.76. The fourth-order valence-electron chi connectivity index (χ4n) is 2.96. The molecule has 2 atom stereocenters. The van der Waals surface area contributed by atoms with E-state index in [0.29, 0.717) is 0 Å². The summed E-state index contributed by atoms with van der Waals surface area (Å²) in [6, 6.07) is 0. The molecule has 6 heteroatoms. The van der Waals surface area contributed by atoms with Gasteiger partial charge in [0.2, 0.25) is 0 Å². The molecule has 1 N–H and O–H groups in total. The van der Waals surface area contributed by atoms with E-state index < -0.39 is 41.8 Å². The van der Waals surface area contributed by atoms with E-state index in [0.717, 1.165) is 3.59 Å². The topological polar surface area (TPSA) is 72.8 Å². The quantitative estimate of drug-likeness (QED) is 0.407. The van der Waals surface area contributed by atoms with Gasteiger partial charge in [0.25, 0.3) is 0 Å². The number of aliphatic hydroxyl groups is 1. The van der Waals surface area contributed by atoms with Gasteiger partial charge in [0.05, 0.1) is 0 Å². The zero-order valence-corrected chi connectivity index (χ0v) is 17.1. The number of aliphatic hydroxyl groups excluding tert-OH is 1. The predicted octanol–water partition coefficient (Wildman–Crippen LogP) is 2.30. The standard InChI is InChI=1S/C13H19O5.3CH3.Sn/c1-4-9-7-13(8-10(9)14,11(15)17-5-2)12(16)18-6-3;;;;/h9-10,14H,1,5-8H2,2-3H3;3*1H3;/t9-,10+;;;;/m0..../s1. The summed E-state index contributed by atoms with van der Waals surface area (Å²) in [6.07, 6.45) is -0.466. The Kier molecular flexibility index (Phi) is 6.50. The van der Waals surface area contributed by atoms with Crippen molar-refractivity contribution in [3.05, 3.63) is 10.2 Å². The van der Waals surface area contributed by atoms with Crippen LogP contribution in [0, 0.1) is 11.3 Å². The van der Waals surface area contributed by atoms with Crippen LogP contribution in [-0.4, -0.2) is 54.7 Å². The van der Waals surface area contributed by atoms with E-state index in [9.17, 15) is 14.7 Å². The van der Waals surface area contributed by atoms with Gasteiger partial charge in [-0.1, -0.05) is 0 Å². The fraction of sp³-hybridized carbons (Fsp3) is 0.750. The number of hydrogen-bond donors (Lipinski definition) is 1. The Hall–Kier alpha value is -0.561. The van der Waals surface area contributed by atoms with Gasteiger partial charge in [-0.15, -0.1) is 0 Å². The molecule has 0 aromatic heterocycles. The Morgan fingerprint density at radius 1 is 1.14 bits per heavy atom. The molecule has 0 amide bonds. The molecular formula is C16H28O5Sn. The second-order valence-corrected chi connectivity index (χ2v) is 21.6. The van der Waals surface area contributed by atoms with Gasteiger partial charge in [0, 0.05) is 0 Å². The Bertz CT molecular complexity index is 434. The van der Waals surface area contributed by atoms with Crippen molar-refractivity contribution in [2.75, 3.05) is 13.2 Å². The summed E-state index contributed by atoms with van der Waals surface area (Å²) in [5, 5.41) is 10.4. The van der Waals surface area contributed by atoms with E-state index in [1.807, 2.05) is 0 Å². The summed E-state index contributed by atoms with van der Waals surface area (Å²) < 4.78 is 11.2. The van der Waals surface area contributed by atoms with Crippen LogP contribution in [0.3, 0.4) is 0 Å². The van der Waals surface area contributed by atoms with Crippen LogP contribution < -0.4 is 0 Å². The van der Waals surface area contributed by atoms with Crippen LogP contribution in [0.15, 0.2) is 10.2 Å². The molecular weight excluding hydrogens is 391 g/mol. The molecule has 1 saturated carbocycles. The number of hydrogen-bond acceptors (Lipinski definition) is 5. The molecule has 126 valence electrons. The van der Waals surface area contributed by atoms with Crippen molar-refractivity contribution in [2.45, 2.75) is 47.6 Å². The number of rotatable bonds is 6. The summed E-state index contributed by atoms with van der Waals surface area (Å²) in [5.41, 5.74) is -1.39. The molecule has 0 heterocycles. The van der Waals surface area contributed by atoms with Gasteiger partial charge < -0.3 is 0 Å². The first-order chi connectivity index (χ1) is 10.1. The molecule has 0 saturated heterocycles. The van der Waals surface area contributed by atoms with Crippen LogP contribution in [0.5, 0.6) is 0 Å². The first-order valence-corrected chi connectivity index (χ1v) is 17.8. The van der Waals surface area contributed by atoms with Crippen molar-refractivity contribution in [1.29, 1.82) is 0 Å². The molecule has 0 radical (unpaired) electrons. The molecule has 5 nitrogen and oxygen atoms in total.